The third kappa shape index (κ3) is 3.85. The van der Waals surface area contributed by atoms with E-state index in [-0.39, 0.29) is 18.5 Å². The average Bonchev–Trinajstić information content (AvgIpc) is 2.24. The van der Waals surface area contributed by atoms with Crippen LogP contribution in [0.2, 0.25) is 0 Å². The van der Waals surface area contributed by atoms with Crippen molar-refractivity contribution in [2.45, 2.75) is 19.9 Å². The summed E-state index contributed by atoms with van der Waals surface area (Å²) in [7, 11) is 0. The van der Waals surface area contributed by atoms with E-state index in [2.05, 4.69) is 15.9 Å². The molecule has 0 aliphatic carbocycles. The third-order valence-corrected chi connectivity index (χ3v) is 2.75. The first-order valence-electron chi connectivity index (χ1n) is 5.20. The smallest absolute Gasteiger partial charge is 0.323 e. The lowest BCUT2D eigenvalue weighted by Crippen LogP contribution is -2.40. The van der Waals surface area contributed by atoms with Crippen LogP contribution in [0, 0.1) is 0 Å². The molecule has 5 heteroatoms. The fourth-order valence-electron chi connectivity index (χ4n) is 1.42. The first-order chi connectivity index (χ1) is 7.91. The predicted octanol–water partition coefficient (Wildman–Crippen LogP) is 2.38. The van der Waals surface area contributed by atoms with Gasteiger partial charge in [0.05, 0.1) is 0 Å². The van der Waals surface area contributed by atoms with E-state index in [1.807, 2.05) is 6.07 Å². The Labute approximate surface area is 108 Å². The Kier molecular flexibility index (Phi) is 4.69. The van der Waals surface area contributed by atoms with Gasteiger partial charge < -0.3 is 10.0 Å². The van der Waals surface area contributed by atoms with Gasteiger partial charge >= 0.3 is 5.97 Å². The molecule has 0 saturated carbocycles. The second kappa shape index (κ2) is 5.82. The molecule has 0 heterocycles. The van der Waals surface area contributed by atoms with Crippen LogP contribution in [0.25, 0.3) is 0 Å². The number of carboxylic acids is 1. The molecule has 0 radical (unpaired) electrons. The molecular weight excluding hydrogens is 286 g/mol. The van der Waals surface area contributed by atoms with Gasteiger partial charge in [-0.2, -0.15) is 0 Å². The molecule has 1 N–H and O–H groups in total. The monoisotopic (exact) mass is 299 g/mol. The largest absolute Gasteiger partial charge is 0.480 e. The molecule has 0 atom stereocenters. The van der Waals surface area contributed by atoms with E-state index in [1.54, 1.807) is 32.0 Å². The zero-order valence-electron chi connectivity index (χ0n) is 9.68. The van der Waals surface area contributed by atoms with Crippen LogP contribution in [0.3, 0.4) is 0 Å². The lowest BCUT2D eigenvalue weighted by molar-refractivity contribution is -0.138. The van der Waals surface area contributed by atoms with E-state index >= 15 is 0 Å². The molecule has 0 bridgehead atoms. The van der Waals surface area contributed by atoms with Crippen LogP contribution in [0.4, 0.5) is 0 Å². The van der Waals surface area contributed by atoms with Crippen LogP contribution < -0.4 is 0 Å². The lowest BCUT2D eigenvalue weighted by atomic mass is 10.1. The van der Waals surface area contributed by atoms with Crippen LogP contribution in [-0.4, -0.2) is 34.5 Å². The molecule has 0 spiro atoms. The number of carbonyl (C=O) groups excluding carboxylic acids is 1. The summed E-state index contributed by atoms with van der Waals surface area (Å²) >= 11 is 3.28. The van der Waals surface area contributed by atoms with Crippen molar-refractivity contribution in [3.05, 3.63) is 34.3 Å². The van der Waals surface area contributed by atoms with Crippen molar-refractivity contribution in [2.75, 3.05) is 6.54 Å². The number of amides is 1. The molecule has 1 aromatic rings. The number of rotatable bonds is 4. The minimum atomic E-state index is -1.01. The normalized spacial score (nSPS) is 10.4. The SMILES string of the molecule is CC(C)N(CC(=O)O)C(=O)c1cccc(Br)c1. The number of halogens is 1. The van der Waals surface area contributed by atoms with Crippen molar-refractivity contribution >= 4 is 27.8 Å². The Balaban J connectivity index is 2.95. The topological polar surface area (TPSA) is 57.6 Å². The Hall–Kier alpha value is -1.36. The van der Waals surface area contributed by atoms with Gasteiger partial charge in [-0.3, -0.25) is 9.59 Å². The molecule has 0 aliphatic heterocycles. The van der Waals surface area contributed by atoms with Gasteiger partial charge in [0.25, 0.3) is 5.91 Å². The first kappa shape index (κ1) is 13.7. The van der Waals surface area contributed by atoms with Gasteiger partial charge in [0.15, 0.2) is 0 Å². The zero-order valence-corrected chi connectivity index (χ0v) is 11.3. The number of aliphatic carboxylic acids is 1. The van der Waals surface area contributed by atoms with Crippen molar-refractivity contribution < 1.29 is 14.7 Å². The summed E-state index contributed by atoms with van der Waals surface area (Å²) in [5.41, 5.74) is 0.481. The summed E-state index contributed by atoms with van der Waals surface area (Å²) in [6, 6.07) is 6.76. The highest BCUT2D eigenvalue weighted by Gasteiger charge is 2.21. The van der Waals surface area contributed by atoms with Crippen LogP contribution in [0.15, 0.2) is 28.7 Å². The molecule has 92 valence electrons. The second-order valence-electron chi connectivity index (χ2n) is 3.93. The van der Waals surface area contributed by atoms with Crippen molar-refractivity contribution in [3.8, 4) is 0 Å². The first-order valence-corrected chi connectivity index (χ1v) is 5.99. The molecule has 0 aliphatic rings. The lowest BCUT2D eigenvalue weighted by Gasteiger charge is -2.24. The van der Waals surface area contributed by atoms with Gasteiger partial charge in [-0.05, 0) is 32.0 Å². The summed E-state index contributed by atoms with van der Waals surface area (Å²) < 4.78 is 0.794. The fraction of sp³-hybridized carbons (Fsp3) is 0.333. The van der Waals surface area contributed by atoms with E-state index < -0.39 is 5.97 Å². The quantitative estimate of drug-likeness (QED) is 0.929. The van der Waals surface area contributed by atoms with Gasteiger partial charge in [-0.25, -0.2) is 0 Å². The highest BCUT2D eigenvalue weighted by molar-refractivity contribution is 9.10. The molecule has 0 saturated heterocycles. The van der Waals surface area contributed by atoms with Gasteiger partial charge in [0.2, 0.25) is 0 Å². The van der Waals surface area contributed by atoms with E-state index in [1.165, 1.54) is 4.90 Å². The average molecular weight is 300 g/mol. The van der Waals surface area contributed by atoms with E-state index in [0.717, 1.165) is 4.47 Å². The van der Waals surface area contributed by atoms with Crippen molar-refractivity contribution in [2.24, 2.45) is 0 Å². The molecule has 0 fully saturated rings. The summed E-state index contributed by atoms with van der Waals surface area (Å²) in [4.78, 5) is 24.2. The molecule has 1 amide bonds. The molecule has 0 aromatic heterocycles. The van der Waals surface area contributed by atoms with Gasteiger partial charge in [-0.15, -0.1) is 0 Å². The molecule has 0 unspecified atom stereocenters. The van der Waals surface area contributed by atoms with E-state index in [4.69, 9.17) is 5.11 Å². The minimum Gasteiger partial charge on any atom is -0.480 e. The summed E-state index contributed by atoms with van der Waals surface area (Å²) in [6.07, 6.45) is 0. The fourth-order valence-corrected chi connectivity index (χ4v) is 1.82. The van der Waals surface area contributed by atoms with Crippen molar-refractivity contribution in [1.82, 2.24) is 4.90 Å². The zero-order chi connectivity index (χ0) is 13.0. The number of hydrogen-bond acceptors (Lipinski definition) is 2. The van der Waals surface area contributed by atoms with Crippen LogP contribution in [-0.2, 0) is 4.79 Å². The minimum absolute atomic E-state index is 0.155. The van der Waals surface area contributed by atoms with Gasteiger partial charge in [0, 0.05) is 16.1 Å². The summed E-state index contributed by atoms with van der Waals surface area (Å²) in [5.74, 6) is -1.29. The Morgan fingerprint density at radius 2 is 2.06 bits per heavy atom. The third-order valence-electron chi connectivity index (χ3n) is 2.26. The predicted molar refractivity (Wildman–Crippen MR) is 68.0 cm³/mol. The standard InChI is InChI=1S/C12H14BrNO3/c1-8(2)14(7-11(15)16)12(17)9-4-3-5-10(13)6-9/h3-6,8H,7H2,1-2H3,(H,15,16). The van der Waals surface area contributed by atoms with E-state index in [9.17, 15) is 9.59 Å². The number of hydrogen-bond donors (Lipinski definition) is 1. The van der Waals surface area contributed by atoms with Crippen LogP contribution in [0.5, 0.6) is 0 Å². The second-order valence-corrected chi connectivity index (χ2v) is 4.85. The van der Waals surface area contributed by atoms with Crippen molar-refractivity contribution in [1.29, 1.82) is 0 Å². The Morgan fingerprint density at radius 3 is 2.53 bits per heavy atom. The maximum Gasteiger partial charge on any atom is 0.323 e. The summed E-state index contributed by atoms with van der Waals surface area (Å²) in [5, 5.41) is 8.78. The van der Waals surface area contributed by atoms with Crippen molar-refractivity contribution in [3.63, 3.8) is 0 Å². The number of carboxylic acid groups (broad SMARTS) is 1. The molecule has 4 nitrogen and oxygen atoms in total. The number of carbonyl (C=O) groups is 2. The highest BCUT2D eigenvalue weighted by Crippen LogP contribution is 2.14. The molecule has 1 rings (SSSR count). The molecule has 1 aromatic carbocycles. The van der Waals surface area contributed by atoms with Crippen LogP contribution in [0.1, 0.15) is 24.2 Å². The maximum absolute atomic E-state index is 12.1. The van der Waals surface area contributed by atoms with Gasteiger partial charge in [-0.1, -0.05) is 22.0 Å². The van der Waals surface area contributed by atoms with Crippen LogP contribution >= 0.6 is 15.9 Å². The highest BCUT2D eigenvalue weighted by atomic mass is 79.9. The number of nitrogens with zero attached hydrogens (tertiary/aromatic N) is 1. The summed E-state index contributed by atoms with van der Waals surface area (Å²) in [6.45, 7) is 3.29. The number of benzene rings is 1. The Morgan fingerprint density at radius 1 is 1.41 bits per heavy atom. The molecular formula is C12H14BrNO3. The Bertz CT molecular complexity index is 432. The van der Waals surface area contributed by atoms with Gasteiger partial charge in [0.1, 0.15) is 6.54 Å². The van der Waals surface area contributed by atoms with E-state index in [0.29, 0.717) is 5.56 Å². The molecule has 17 heavy (non-hydrogen) atoms. The maximum atomic E-state index is 12.1.